The first kappa shape index (κ1) is 19.5. The zero-order valence-electron chi connectivity index (χ0n) is 16.2. The minimum atomic E-state index is -0.375. The minimum Gasteiger partial charge on any atom is -0.372 e. The fraction of sp³-hybridized carbons (Fsp3) is 0.273. The van der Waals surface area contributed by atoms with Crippen LogP contribution in [0.15, 0.2) is 70.9 Å². The van der Waals surface area contributed by atoms with E-state index in [0.29, 0.717) is 16.5 Å². The largest absolute Gasteiger partial charge is 0.372 e. The fourth-order valence-electron chi connectivity index (χ4n) is 3.27. The van der Waals surface area contributed by atoms with Gasteiger partial charge in [-0.25, -0.2) is 0 Å². The van der Waals surface area contributed by atoms with Crippen molar-refractivity contribution in [1.29, 1.82) is 0 Å². The Balaban J connectivity index is 1.86. The van der Waals surface area contributed by atoms with E-state index in [1.54, 1.807) is 18.2 Å². The fourth-order valence-corrected chi connectivity index (χ4v) is 3.27. The number of hydrogen-bond donors (Lipinski definition) is 0. The molecule has 0 aromatic heterocycles. The maximum Gasteiger partial charge on any atom is 0.277 e. The third-order valence-electron chi connectivity index (χ3n) is 4.55. The van der Waals surface area contributed by atoms with E-state index in [-0.39, 0.29) is 10.6 Å². The molecule has 0 spiro atoms. The number of fused-ring (bicyclic) bond motifs is 1. The summed E-state index contributed by atoms with van der Waals surface area (Å²) < 4.78 is 0. The molecule has 0 saturated heterocycles. The lowest BCUT2D eigenvalue weighted by Crippen LogP contribution is -2.24. The molecule has 0 aliphatic carbocycles. The third-order valence-corrected chi connectivity index (χ3v) is 4.55. The first-order chi connectivity index (χ1) is 13.6. The Labute approximate surface area is 164 Å². The summed E-state index contributed by atoms with van der Waals surface area (Å²) in [6, 6.07) is 18.3. The smallest absolute Gasteiger partial charge is 0.277 e. The van der Waals surface area contributed by atoms with Gasteiger partial charge in [0.05, 0.1) is 21.7 Å². The highest BCUT2D eigenvalue weighted by molar-refractivity contribution is 5.98. The molecule has 0 heterocycles. The van der Waals surface area contributed by atoms with Gasteiger partial charge in [0.25, 0.3) is 5.69 Å². The predicted octanol–water partition coefficient (Wildman–Crippen LogP) is 6.79. The van der Waals surface area contributed by atoms with Crippen LogP contribution in [0.4, 0.5) is 22.7 Å². The van der Waals surface area contributed by atoms with E-state index in [1.807, 2.05) is 24.3 Å². The monoisotopic (exact) mass is 376 g/mol. The molecule has 3 aromatic rings. The van der Waals surface area contributed by atoms with Crippen LogP contribution in [0.5, 0.6) is 0 Å². The second-order valence-corrected chi connectivity index (χ2v) is 6.61. The highest BCUT2D eigenvalue weighted by Crippen LogP contribution is 2.34. The summed E-state index contributed by atoms with van der Waals surface area (Å²) in [5.41, 5.74) is 2.62. The van der Waals surface area contributed by atoms with E-state index in [9.17, 15) is 10.1 Å². The molecule has 0 radical (unpaired) electrons. The van der Waals surface area contributed by atoms with Crippen molar-refractivity contribution in [2.75, 3.05) is 18.0 Å². The number of nitrogens with zero attached hydrogens (tertiary/aromatic N) is 4. The molecule has 0 atom stereocenters. The molecule has 3 aromatic carbocycles. The van der Waals surface area contributed by atoms with Crippen molar-refractivity contribution in [2.45, 2.75) is 26.7 Å². The number of nitro benzene ring substituents is 1. The van der Waals surface area contributed by atoms with Gasteiger partial charge >= 0.3 is 0 Å². The van der Waals surface area contributed by atoms with Crippen molar-refractivity contribution in [1.82, 2.24) is 0 Å². The van der Waals surface area contributed by atoms with Gasteiger partial charge in [-0.2, -0.15) is 5.11 Å². The minimum absolute atomic E-state index is 0.0749. The van der Waals surface area contributed by atoms with Gasteiger partial charge in [0.15, 0.2) is 0 Å². The number of anilines is 1. The topological polar surface area (TPSA) is 71.1 Å². The molecule has 144 valence electrons. The van der Waals surface area contributed by atoms with Crippen molar-refractivity contribution < 1.29 is 4.92 Å². The Morgan fingerprint density at radius 3 is 2.11 bits per heavy atom. The van der Waals surface area contributed by atoms with Crippen LogP contribution in [-0.2, 0) is 0 Å². The summed E-state index contributed by atoms with van der Waals surface area (Å²) in [6.45, 7) is 6.42. The van der Waals surface area contributed by atoms with Crippen LogP contribution in [-0.4, -0.2) is 18.0 Å². The number of azo groups is 1. The van der Waals surface area contributed by atoms with Crippen LogP contribution < -0.4 is 4.90 Å². The molecule has 0 amide bonds. The Bertz CT molecular complexity index is 977. The van der Waals surface area contributed by atoms with E-state index in [0.717, 1.165) is 31.6 Å². The van der Waals surface area contributed by atoms with Crippen molar-refractivity contribution >= 4 is 33.5 Å². The van der Waals surface area contributed by atoms with Crippen LogP contribution in [0.1, 0.15) is 26.7 Å². The van der Waals surface area contributed by atoms with Gasteiger partial charge in [-0.3, -0.25) is 10.1 Å². The average Bonchev–Trinajstić information content (AvgIpc) is 2.72. The zero-order chi connectivity index (χ0) is 19.9. The predicted molar refractivity (Wildman–Crippen MR) is 114 cm³/mol. The lowest BCUT2D eigenvalue weighted by molar-refractivity contribution is -0.383. The SMILES string of the molecule is CCCN(CCC)c1ccc(N=Nc2ccc([N+](=O)[O-])c3ccccc23)cc1. The average molecular weight is 376 g/mol. The summed E-state index contributed by atoms with van der Waals surface area (Å²) in [4.78, 5) is 13.2. The Kier molecular flexibility index (Phi) is 6.32. The first-order valence-electron chi connectivity index (χ1n) is 9.57. The molecule has 0 unspecified atom stereocenters. The summed E-state index contributed by atoms with van der Waals surface area (Å²) >= 11 is 0. The van der Waals surface area contributed by atoms with Crippen molar-refractivity contribution in [3.63, 3.8) is 0 Å². The van der Waals surface area contributed by atoms with E-state index < -0.39 is 0 Å². The second kappa shape index (κ2) is 9.08. The van der Waals surface area contributed by atoms with Gasteiger partial charge in [0, 0.05) is 30.2 Å². The van der Waals surface area contributed by atoms with Gasteiger partial charge in [-0.15, -0.1) is 5.11 Å². The van der Waals surface area contributed by atoms with Crippen molar-refractivity contribution in [2.24, 2.45) is 10.2 Å². The molecule has 0 N–H and O–H groups in total. The Hall–Kier alpha value is -3.28. The Morgan fingerprint density at radius 1 is 0.857 bits per heavy atom. The maximum absolute atomic E-state index is 11.2. The van der Waals surface area contributed by atoms with Crippen molar-refractivity contribution in [3.05, 3.63) is 70.8 Å². The summed E-state index contributed by atoms with van der Waals surface area (Å²) in [5, 5.41) is 21.2. The van der Waals surface area contributed by atoms with Crippen LogP contribution >= 0.6 is 0 Å². The molecule has 0 aliphatic heterocycles. The van der Waals surface area contributed by atoms with Gasteiger partial charge < -0.3 is 4.90 Å². The summed E-state index contributed by atoms with van der Waals surface area (Å²) in [6.07, 6.45) is 2.21. The van der Waals surface area contributed by atoms with Gasteiger partial charge in [0.1, 0.15) is 0 Å². The third kappa shape index (κ3) is 4.34. The number of benzene rings is 3. The molecule has 3 rings (SSSR count). The highest BCUT2D eigenvalue weighted by atomic mass is 16.6. The van der Waals surface area contributed by atoms with Crippen LogP contribution in [0.2, 0.25) is 0 Å². The zero-order valence-corrected chi connectivity index (χ0v) is 16.2. The molecule has 0 saturated carbocycles. The van der Waals surface area contributed by atoms with Gasteiger partial charge in [-0.05, 0) is 49.2 Å². The van der Waals surface area contributed by atoms with Crippen molar-refractivity contribution in [3.8, 4) is 0 Å². The summed E-state index contributed by atoms with van der Waals surface area (Å²) in [5.74, 6) is 0. The number of nitro groups is 1. The van der Waals surface area contributed by atoms with E-state index in [2.05, 4.69) is 41.1 Å². The molecule has 0 aliphatic rings. The van der Waals surface area contributed by atoms with Crippen LogP contribution in [0, 0.1) is 10.1 Å². The second-order valence-electron chi connectivity index (χ2n) is 6.61. The first-order valence-corrected chi connectivity index (χ1v) is 9.57. The molecular weight excluding hydrogens is 352 g/mol. The van der Waals surface area contributed by atoms with Crippen LogP contribution in [0.3, 0.4) is 0 Å². The molecule has 28 heavy (non-hydrogen) atoms. The quantitative estimate of drug-likeness (QED) is 0.247. The van der Waals surface area contributed by atoms with Crippen LogP contribution in [0.25, 0.3) is 10.8 Å². The number of hydrogen-bond acceptors (Lipinski definition) is 5. The lowest BCUT2D eigenvalue weighted by Gasteiger charge is -2.23. The summed E-state index contributed by atoms with van der Waals surface area (Å²) in [7, 11) is 0. The van der Waals surface area contributed by atoms with E-state index >= 15 is 0 Å². The number of non-ortho nitro benzene ring substituents is 1. The van der Waals surface area contributed by atoms with E-state index in [1.165, 1.54) is 11.8 Å². The lowest BCUT2D eigenvalue weighted by atomic mass is 10.1. The van der Waals surface area contributed by atoms with Gasteiger partial charge in [0.2, 0.25) is 0 Å². The molecular formula is C22H24N4O2. The normalized spacial score (nSPS) is 11.2. The van der Waals surface area contributed by atoms with Gasteiger partial charge in [-0.1, -0.05) is 32.0 Å². The van der Waals surface area contributed by atoms with E-state index in [4.69, 9.17) is 0 Å². The Morgan fingerprint density at radius 2 is 1.50 bits per heavy atom. The molecule has 6 heteroatoms. The molecule has 0 fully saturated rings. The highest BCUT2D eigenvalue weighted by Gasteiger charge is 2.13. The molecule has 0 bridgehead atoms. The standard InChI is InChI=1S/C22H24N4O2/c1-3-15-25(16-4-2)18-11-9-17(10-12-18)23-24-21-13-14-22(26(27)28)20-8-6-5-7-19(20)21/h5-14H,3-4,15-16H2,1-2H3. The maximum atomic E-state index is 11.2. The molecule has 6 nitrogen and oxygen atoms in total. The number of rotatable bonds is 8.